The summed E-state index contributed by atoms with van der Waals surface area (Å²) < 4.78 is 5.95. The third-order valence-electron chi connectivity index (χ3n) is 3.76. The largest absolute Gasteiger partial charge is 0.436 e. The standard InChI is InChI=1S/C16H20N4O/c1-8-6-7-9(2)14(10(8)3)21-16-13(15(17)18)11(4)12(5)19-20-16/h6-7H,1-5H3,(H3,17,18). The highest BCUT2D eigenvalue weighted by atomic mass is 16.5. The van der Waals surface area contributed by atoms with Crippen molar-refractivity contribution in [3.05, 3.63) is 45.6 Å². The number of hydrogen-bond acceptors (Lipinski definition) is 4. The highest BCUT2D eigenvalue weighted by Gasteiger charge is 2.17. The molecule has 5 heteroatoms. The van der Waals surface area contributed by atoms with Crippen molar-refractivity contribution in [2.75, 3.05) is 0 Å². The van der Waals surface area contributed by atoms with Crippen LogP contribution in [0, 0.1) is 40.0 Å². The van der Waals surface area contributed by atoms with Crippen molar-refractivity contribution in [1.82, 2.24) is 10.2 Å². The lowest BCUT2D eigenvalue weighted by atomic mass is 10.1. The number of nitrogens with one attached hydrogen (secondary N) is 1. The van der Waals surface area contributed by atoms with Crippen molar-refractivity contribution in [2.45, 2.75) is 34.6 Å². The van der Waals surface area contributed by atoms with Crippen LogP contribution in [-0.4, -0.2) is 16.0 Å². The maximum absolute atomic E-state index is 7.76. The van der Waals surface area contributed by atoms with Crippen LogP contribution < -0.4 is 10.5 Å². The smallest absolute Gasteiger partial charge is 0.250 e. The number of ether oxygens (including phenoxy) is 1. The molecule has 0 bridgehead atoms. The highest BCUT2D eigenvalue weighted by molar-refractivity contribution is 5.98. The number of nitrogens with zero attached hydrogens (tertiary/aromatic N) is 2. The van der Waals surface area contributed by atoms with E-state index < -0.39 is 0 Å². The molecule has 0 unspecified atom stereocenters. The molecule has 0 atom stereocenters. The number of amidine groups is 1. The van der Waals surface area contributed by atoms with Crippen LogP contribution in [0.15, 0.2) is 12.1 Å². The second-order valence-electron chi connectivity index (χ2n) is 5.26. The molecular formula is C16H20N4O. The molecule has 1 aromatic heterocycles. The first-order valence-corrected chi connectivity index (χ1v) is 6.75. The van der Waals surface area contributed by atoms with Gasteiger partial charge in [-0.1, -0.05) is 12.1 Å². The Morgan fingerprint density at radius 3 is 2.24 bits per heavy atom. The van der Waals surface area contributed by atoms with Gasteiger partial charge in [-0.05, 0) is 56.9 Å². The minimum Gasteiger partial charge on any atom is -0.436 e. The fraction of sp³-hybridized carbons (Fsp3) is 0.312. The molecule has 21 heavy (non-hydrogen) atoms. The third-order valence-corrected chi connectivity index (χ3v) is 3.76. The molecule has 0 saturated carbocycles. The molecule has 0 radical (unpaired) electrons. The van der Waals surface area contributed by atoms with E-state index in [9.17, 15) is 0 Å². The Bertz CT molecular complexity index is 723. The van der Waals surface area contributed by atoms with Crippen LogP contribution in [0.3, 0.4) is 0 Å². The van der Waals surface area contributed by atoms with E-state index in [-0.39, 0.29) is 11.7 Å². The lowest BCUT2D eigenvalue weighted by molar-refractivity contribution is 0.445. The summed E-state index contributed by atoms with van der Waals surface area (Å²) >= 11 is 0. The van der Waals surface area contributed by atoms with E-state index in [1.165, 1.54) is 0 Å². The van der Waals surface area contributed by atoms with E-state index >= 15 is 0 Å². The minimum atomic E-state index is -0.0662. The number of nitrogens with two attached hydrogens (primary N) is 1. The Kier molecular flexibility index (Phi) is 3.93. The van der Waals surface area contributed by atoms with E-state index in [4.69, 9.17) is 15.9 Å². The van der Waals surface area contributed by atoms with E-state index in [0.29, 0.717) is 5.56 Å². The van der Waals surface area contributed by atoms with Crippen molar-refractivity contribution < 1.29 is 4.74 Å². The van der Waals surface area contributed by atoms with Crippen molar-refractivity contribution in [1.29, 1.82) is 5.41 Å². The first-order valence-electron chi connectivity index (χ1n) is 6.75. The number of aromatic nitrogens is 2. The quantitative estimate of drug-likeness (QED) is 0.670. The van der Waals surface area contributed by atoms with E-state index in [0.717, 1.165) is 33.7 Å². The number of rotatable bonds is 3. The second-order valence-corrected chi connectivity index (χ2v) is 5.26. The lowest BCUT2D eigenvalue weighted by Crippen LogP contribution is -2.17. The van der Waals surface area contributed by atoms with Crippen LogP contribution in [-0.2, 0) is 0 Å². The molecule has 2 rings (SSSR count). The highest BCUT2D eigenvalue weighted by Crippen LogP contribution is 2.32. The summed E-state index contributed by atoms with van der Waals surface area (Å²) in [7, 11) is 0. The van der Waals surface area contributed by atoms with Crippen LogP contribution in [0.1, 0.15) is 33.5 Å². The third kappa shape index (κ3) is 2.72. The van der Waals surface area contributed by atoms with Crippen LogP contribution in [0.25, 0.3) is 0 Å². The first kappa shape index (κ1) is 15.0. The predicted octanol–water partition coefficient (Wildman–Crippen LogP) is 3.10. The molecule has 1 heterocycles. The van der Waals surface area contributed by atoms with Crippen LogP contribution in [0.4, 0.5) is 0 Å². The maximum Gasteiger partial charge on any atom is 0.250 e. The van der Waals surface area contributed by atoms with Crippen molar-refractivity contribution in [2.24, 2.45) is 5.73 Å². The molecule has 0 aliphatic heterocycles. The summed E-state index contributed by atoms with van der Waals surface area (Å²) in [6.45, 7) is 9.70. The fourth-order valence-corrected chi connectivity index (χ4v) is 2.15. The van der Waals surface area contributed by atoms with Crippen molar-refractivity contribution >= 4 is 5.84 Å². The zero-order valence-electron chi connectivity index (χ0n) is 13.0. The number of aryl methyl sites for hydroxylation is 3. The topological polar surface area (TPSA) is 84.9 Å². The molecular weight excluding hydrogens is 264 g/mol. The van der Waals surface area contributed by atoms with Gasteiger partial charge in [-0.3, -0.25) is 5.41 Å². The van der Waals surface area contributed by atoms with Gasteiger partial charge < -0.3 is 10.5 Å². The normalized spacial score (nSPS) is 10.5. The molecule has 1 aromatic carbocycles. The average Bonchev–Trinajstić information content (AvgIpc) is 2.42. The minimum absolute atomic E-state index is 0.0662. The zero-order chi connectivity index (χ0) is 15.7. The summed E-state index contributed by atoms with van der Waals surface area (Å²) in [5.74, 6) is 0.959. The van der Waals surface area contributed by atoms with Gasteiger partial charge in [0.25, 0.3) is 0 Å². The molecule has 3 N–H and O–H groups in total. The van der Waals surface area contributed by atoms with E-state index in [2.05, 4.69) is 16.3 Å². The van der Waals surface area contributed by atoms with E-state index in [1.54, 1.807) is 0 Å². The van der Waals surface area contributed by atoms with Gasteiger partial charge in [0, 0.05) is 0 Å². The fourth-order valence-electron chi connectivity index (χ4n) is 2.15. The van der Waals surface area contributed by atoms with Gasteiger partial charge in [-0.25, -0.2) is 0 Å². The maximum atomic E-state index is 7.76. The van der Waals surface area contributed by atoms with Crippen LogP contribution in [0.2, 0.25) is 0 Å². The Hall–Kier alpha value is -2.43. The Labute approximate surface area is 124 Å². The summed E-state index contributed by atoms with van der Waals surface area (Å²) in [4.78, 5) is 0. The molecule has 0 aliphatic rings. The SMILES string of the molecule is Cc1ccc(C)c(Oc2nnc(C)c(C)c2C(=N)N)c1C. The summed E-state index contributed by atoms with van der Waals surface area (Å²) in [6, 6.07) is 4.05. The van der Waals surface area contributed by atoms with Gasteiger partial charge in [0.1, 0.15) is 11.6 Å². The molecule has 0 fully saturated rings. The molecule has 2 aromatic rings. The Balaban J connectivity index is 2.58. The average molecular weight is 284 g/mol. The van der Waals surface area contributed by atoms with Crippen LogP contribution >= 0.6 is 0 Å². The van der Waals surface area contributed by atoms with E-state index in [1.807, 2.05) is 40.7 Å². The Morgan fingerprint density at radius 2 is 1.62 bits per heavy atom. The molecule has 0 saturated heterocycles. The molecule has 110 valence electrons. The van der Waals surface area contributed by atoms with Gasteiger partial charge in [0.05, 0.1) is 11.3 Å². The first-order chi connectivity index (χ1) is 9.82. The summed E-state index contributed by atoms with van der Waals surface area (Å²) in [6.07, 6.45) is 0. The molecule has 0 aliphatic carbocycles. The second kappa shape index (κ2) is 5.52. The molecule has 0 amide bonds. The Morgan fingerprint density at radius 1 is 1.00 bits per heavy atom. The summed E-state index contributed by atoms with van der Waals surface area (Å²) in [5.41, 5.74) is 10.9. The number of nitrogen functional groups attached to an aromatic ring is 1. The monoisotopic (exact) mass is 284 g/mol. The van der Waals surface area contributed by atoms with Gasteiger partial charge in [-0.15, -0.1) is 5.10 Å². The predicted molar refractivity (Wildman–Crippen MR) is 83.2 cm³/mol. The number of benzene rings is 1. The van der Waals surface area contributed by atoms with Gasteiger partial charge in [-0.2, -0.15) is 5.10 Å². The van der Waals surface area contributed by atoms with Crippen molar-refractivity contribution in [3.8, 4) is 11.6 Å². The lowest BCUT2D eigenvalue weighted by Gasteiger charge is -2.16. The molecule has 0 spiro atoms. The molecule has 5 nitrogen and oxygen atoms in total. The van der Waals surface area contributed by atoms with Crippen molar-refractivity contribution in [3.63, 3.8) is 0 Å². The van der Waals surface area contributed by atoms with Crippen LogP contribution in [0.5, 0.6) is 11.6 Å². The summed E-state index contributed by atoms with van der Waals surface area (Å²) in [5, 5.41) is 15.9. The number of hydrogen-bond donors (Lipinski definition) is 2. The van der Waals surface area contributed by atoms with Gasteiger partial charge in [0.2, 0.25) is 5.88 Å². The van der Waals surface area contributed by atoms with Gasteiger partial charge in [0.15, 0.2) is 0 Å². The van der Waals surface area contributed by atoms with Gasteiger partial charge >= 0.3 is 0 Å². The zero-order valence-corrected chi connectivity index (χ0v) is 13.0.